The Morgan fingerprint density at radius 2 is 1.80 bits per heavy atom. The topological polar surface area (TPSA) is 68.7 Å². The second-order valence-corrected chi connectivity index (χ2v) is 5.90. The molecule has 1 aromatic heterocycles. The van der Waals surface area contributed by atoms with E-state index >= 15 is 0 Å². The van der Waals surface area contributed by atoms with Crippen LogP contribution in [-0.4, -0.2) is 30.3 Å². The van der Waals surface area contributed by atoms with Crippen LogP contribution in [0.25, 0.3) is 22.2 Å². The molecule has 3 rings (SSSR count). The first kappa shape index (κ1) is 16.8. The van der Waals surface area contributed by atoms with Gasteiger partial charge < -0.3 is 14.6 Å². The minimum absolute atomic E-state index is 0.152. The highest BCUT2D eigenvalue weighted by Crippen LogP contribution is 2.35. The zero-order valence-electron chi connectivity index (χ0n) is 14.6. The minimum Gasteiger partial charge on any atom is -0.497 e. The van der Waals surface area contributed by atoms with E-state index in [1.807, 2.05) is 32.0 Å². The summed E-state index contributed by atoms with van der Waals surface area (Å²) in [7, 11) is 3.05. The van der Waals surface area contributed by atoms with Gasteiger partial charge in [0.1, 0.15) is 11.5 Å². The summed E-state index contributed by atoms with van der Waals surface area (Å²) in [5, 5.41) is 10.2. The van der Waals surface area contributed by atoms with Crippen LogP contribution in [0.1, 0.15) is 21.5 Å². The maximum absolute atomic E-state index is 11.8. The van der Waals surface area contributed by atoms with E-state index in [4.69, 9.17) is 9.47 Å². The molecule has 1 heterocycles. The van der Waals surface area contributed by atoms with Crippen LogP contribution >= 0.6 is 0 Å². The molecule has 0 saturated heterocycles. The molecule has 0 aliphatic carbocycles. The van der Waals surface area contributed by atoms with Crippen molar-refractivity contribution >= 4 is 16.9 Å². The fourth-order valence-corrected chi connectivity index (χ4v) is 2.99. The third kappa shape index (κ3) is 3.01. The van der Waals surface area contributed by atoms with Crippen LogP contribution in [0.5, 0.6) is 11.5 Å². The number of benzene rings is 2. The summed E-state index contributed by atoms with van der Waals surface area (Å²) in [5.41, 5.74) is 4.36. The zero-order chi connectivity index (χ0) is 18.1. The van der Waals surface area contributed by atoms with Gasteiger partial charge in [-0.2, -0.15) is 0 Å². The van der Waals surface area contributed by atoms with Gasteiger partial charge in [-0.1, -0.05) is 23.8 Å². The first-order chi connectivity index (χ1) is 11.9. The summed E-state index contributed by atoms with van der Waals surface area (Å²) in [6.07, 6.45) is 0. The maximum Gasteiger partial charge on any atom is 0.336 e. The van der Waals surface area contributed by atoms with Gasteiger partial charge in [-0.05, 0) is 25.5 Å². The SMILES string of the molecule is COc1cc(OC)c2c(C(=O)O)cc(-c3ccc(C)cc3C)nc2c1. The lowest BCUT2D eigenvalue weighted by Gasteiger charge is -2.13. The van der Waals surface area contributed by atoms with Crippen LogP contribution in [0.3, 0.4) is 0 Å². The molecule has 2 aromatic carbocycles. The van der Waals surface area contributed by atoms with Gasteiger partial charge >= 0.3 is 5.97 Å². The summed E-state index contributed by atoms with van der Waals surface area (Å²) in [4.78, 5) is 16.5. The molecule has 0 aliphatic heterocycles. The normalized spacial score (nSPS) is 10.7. The fraction of sp³-hybridized carbons (Fsp3) is 0.200. The molecule has 0 amide bonds. The van der Waals surface area contributed by atoms with E-state index in [2.05, 4.69) is 4.98 Å². The zero-order valence-corrected chi connectivity index (χ0v) is 14.6. The van der Waals surface area contributed by atoms with Gasteiger partial charge in [0.05, 0.1) is 36.4 Å². The first-order valence-corrected chi connectivity index (χ1v) is 7.82. The molecule has 128 valence electrons. The molecule has 0 spiro atoms. The van der Waals surface area contributed by atoms with E-state index < -0.39 is 5.97 Å². The average Bonchev–Trinajstić information content (AvgIpc) is 2.59. The van der Waals surface area contributed by atoms with E-state index in [0.29, 0.717) is 28.1 Å². The number of carboxylic acid groups (broad SMARTS) is 1. The largest absolute Gasteiger partial charge is 0.497 e. The van der Waals surface area contributed by atoms with E-state index in [-0.39, 0.29) is 5.56 Å². The summed E-state index contributed by atoms with van der Waals surface area (Å²) < 4.78 is 10.6. The number of rotatable bonds is 4. The monoisotopic (exact) mass is 337 g/mol. The predicted octanol–water partition coefficient (Wildman–Crippen LogP) is 4.23. The number of hydrogen-bond acceptors (Lipinski definition) is 4. The van der Waals surface area contributed by atoms with E-state index in [0.717, 1.165) is 16.7 Å². The number of nitrogens with zero attached hydrogens (tertiary/aromatic N) is 1. The Morgan fingerprint density at radius 1 is 1.04 bits per heavy atom. The molecule has 1 N–H and O–H groups in total. The third-order valence-corrected chi connectivity index (χ3v) is 4.19. The number of pyridine rings is 1. The maximum atomic E-state index is 11.8. The number of fused-ring (bicyclic) bond motifs is 1. The van der Waals surface area contributed by atoms with E-state index in [1.54, 1.807) is 25.3 Å². The van der Waals surface area contributed by atoms with Crippen molar-refractivity contribution in [3.63, 3.8) is 0 Å². The van der Waals surface area contributed by atoms with Gasteiger partial charge in [0.15, 0.2) is 0 Å². The summed E-state index contributed by atoms with van der Waals surface area (Å²) >= 11 is 0. The highest BCUT2D eigenvalue weighted by molar-refractivity contribution is 6.06. The van der Waals surface area contributed by atoms with Gasteiger partial charge in [0, 0.05) is 17.7 Å². The number of carbonyl (C=O) groups is 1. The Balaban J connectivity index is 2.37. The Bertz CT molecular complexity index is 979. The van der Waals surface area contributed by atoms with Crippen molar-refractivity contribution in [3.8, 4) is 22.8 Å². The second-order valence-electron chi connectivity index (χ2n) is 5.90. The van der Waals surface area contributed by atoms with Gasteiger partial charge in [0.25, 0.3) is 0 Å². The van der Waals surface area contributed by atoms with Crippen molar-refractivity contribution < 1.29 is 19.4 Å². The van der Waals surface area contributed by atoms with Crippen molar-refractivity contribution in [1.82, 2.24) is 4.98 Å². The molecule has 0 radical (unpaired) electrons. The molecule has 0 atom stereocenters. The van der Waals surface area contributed by atoms with Gasteiger partial charge in [-0.3, -0.25) is 0 Å². The molecule has 25 heavy (non-hydrogen) atoms. The summed E-state index contributed by atoms with van der Waals surface area (Å²) in [5.74, 6) is -0.0423. The van der Waals surface area contributed by atoms with Crippen LogP contribution in [0, 0.1) is 13.8 Å². The van der Waals surface area contributed by atoms with Crippen LogP contribution in [0.15, 0.2) is 36.4 Å². The number of carboxylic acids is 1. The van der Waals surface area contributed by atoms with Crippen molar-refractivity contribution in [3.05, 3.63) is 53.1 Å². The standard InChI is InChI=1S/C20H19NO4/c1-11-5-6-14(12(2)7-11)16-10-15(20(22)23)19-17(21-16)8-13(24-3)9-18(19)25-4/h5-10H,1-4H3,(H,22,23). The van der Waals surface area contributed by atoms with Crippen LogP contribution in [0.2, 0.25) is 0 Å². The second kappa shape index (κ2) is 6.43. The van der Waals surface area contributed by atoms with Crippen molar-refractivity contribution in [2.24, 2.45) is 0 Å². The lowest BCUT2D eigenvalue weighted by molar-refractivity contribution is 0.0698. The number of hydrogen-bond donors (Lipinski definition) is 1. The number of aryl methyl sites for hydroxylation is 2. The lowest BCUT2D eigenvalue weighted by atomic mass is 9.99. The highest BCUT2D eigenvalue weighted by Gasteiger charge is 2.18. The molecule has 0 aliphatic rings. The molecular formula is C20H19NO4. The predicted molar refractivity (Wildman–Crippen MR) is 96.7 cm³/mol. The quantitative estimate of drug-likeness (QED) is 0.771. The molecule has 0 bridgehead atoms. The van der Waals surface area contributed by atoms with Gasteiger partial charge in [-0.25, -0.2) is 9.78 Å². The Hall–Kier alpha value is -3.08. The smallest absolute Gasteiger partial charge is 0.336 e. The van der Waals surface area contributed by atoms with Gasteiger partial charge in [-0.15, -0.1) is 0 Å². The number of aromatic carboxylic acids is 1. The summed E-state index contributed by atoms with van der Waals surface area (Å²) in [6, 6.07) is 11.0. The van der Waals surface area contributed by atoms with Crippen molar-refractivity contribution in [2.45, 2.75) is 13.8 Å². The number of aromatic nitrogens is 1. The first-order valence-electron chi connectivity index (χ1n) is 7.82. The Kier molecular flexibility index (Phi) is 4.31. The molecular weight excluding hydrogens is 318 g/mol. The van der Waals surface area contributed by atoms with Gasteiger partial charge in [0.2, 0.25) is 0 Å². The third-order valence-electron chi connectivity index (χ3n) is 4.19. The average molecular weight is 337 g/mol. The summed E-state index contributed by atoms with van der Waals surface area (Å²) in [6.45, 7) is 4.00. The number of methoxy groups -OCH3 is 2. The lowest BCUT2D eigenvalue weighted by Crippen LogP contribution is -2.03. The van der Waals surface area contributed by atoms with Crippen molar-refractivity contribution in [1.29, 1.82) is 0 Å². The Morgan fingerprint density at radius 3 is 2.40 bits per heavy atom. The van der Waals surface area contributed by atoms with Crippen molar-refractivity contribution in [2.75, 3.05) is 14.2 Å². The molecule has 0 fully saturated rings. The van der Waals surface area contributed by atoms with E-state index in [1.165, 1.54) is 7.11 Å². The molecule has 0 unspecified atom stereocenters. The van der Waals surface area contributed by atoms with Crippen LogP contribution in [-0.2, 0) is 0 Å². The Labute approximate surface area is 145 Å². The molecule has 3 aromatic rings. The van der Waals surface area contributed by atoms with E-state index in [9.17, 15) is 9.90 Å². The molecule has 5 heteroatoms. The minimum atomic E-state index is -1.03. The highest BCUT2D eigenvalue weighted by atomic mass is 16.5. The number of ether oxygens (including phenoxy) is 2. The fourth-order valence-electron chi connectivity index (χ4n) is 2.99. The molecule has 5 nitrogen and oxygen atoms in total. The molecule has 0 saturated carbocycles. The van der Waals surface area contributed by atoms with Crippen LogP contribution < -0.4 is 9.47 Å². The van der Waals surface area contributed by atoms with Crippen LogP contribution in [0.4, 0.5) is 0 Å².